The van der Waals surface area contributed by atoms with Crippen LogP contribution in [0, 0.1) is 5.41 Å². The van der Waals surface area contributed by atoms with E-state index in [0.717, 1.165) is 45.6 Å². The highest BCUT2D eigenvalue weighted by atomic mass is 16.5. The van der Waals surface area contributed by atoms with Crippen molar-refractivity contribution in [3.63, 3.8) is 0 Å². The van der Waals surface area contributed by atoms with Crippen LogP contribution in [0.5, 0.6) is 5.75 Å². The number of hydrogen-bond donors (Lipinski definition) is 0. The number of carbonyl (C=O) groups excluding carboxylic acids is 1. The van der Waals surface area contributed by atoms with Gasteiger partial charge in [0.2, 0.25) is 0 Å². The van der Waals surface area contributed by atoms with Gasteiger partial charge in [0, 0.05) is 31.9 Å². The van der Waals surface area contributed by atoms with Gasteiger partial charge < -0.3 is 14.4 Å². The largest absolute Gasteiger partial charge is 0.494 e. The van der Waals surface area contributed by atoms with Crippen LogP contribution in [-0.2, 0) is 4.74 Å². The molecule has 0 bridgehead atoms. The summed E-state index contributed by atoms with van der Waals surface area (Å²) < 4.78 is 12.3. The van der Waals surface area contributed by atoms with E-state index in [0.29, 0.717) is 17.0 Å². The Kier molecular flexibility index (Phi) is 4.12. The highest BCUT2D eigenvalue weighted by Gasteiger charge is 2.41. The lowest BCUT2D eigenvalue weighted by atomic mass is 9.80. The molecule has 4 rings (SSSR count). The zero-order chi connectivity index (χ0) is 17.3. The van der Waals surface area contributed by atoms with Crippen molar-refractivity contribution in [3.05, 3.63) is 30.1 Å². The van der Waals surface area contributed by atoms with Crippen molar-refractivity contribution in [1.29, 1.82) is 0 Å². The van der Waals surface area contributed by atoms with Gasteiger partial charge in [0.15, 0.2) is 0 Å². The van der Waals surface area contributed by atoms with Crippen molar-refractivity contribution >= 4 is 5.91 Å². The van der Waals surface area contributed by atoms with Crippen LogP contribution in [-0.4, -0.2) is 64.4 Å². The van der Waals surface area contributed by atoms with E-state index in [2.05, 4.69) is 15.5 Å². The number of carbonyl (C=O) groups is 1. The first kappa shape index (κ1) is 16.0. The van der Waals surface area contributed by atoms with Gasteiger partial charge in [-0.25, -0.2) is 0 Å². The first-order chi connectivity index (χ1) is 12.2. The second kappa shape index (κ2) is 6.44. The van der Waals surface area contributed by atoms with Crippen molar-refractivity contribution in [3.8, 4) is 11.4 Å². The maximum Gasteiger partial charge on any atom is 0.253 e. The molecule has 2 aromatic rings. The van der Waals surface area contributed by atoms with E-state index in [1.54, 1.807) is 25.3 Å². The molecular formula is C17H21N5O3. The number of tetrazole rings is 1. The standard InChI is InChI=1S/C17H21N5O3/c1-24-15-3-2-13(10-14(15)22-12-18-19-20-22)16(23)21-7-4-17(11-21)5-8-25-9-6-17/h2-3,10,12H,4-9,11H2,1H3. The molecule has 2 fully saturated rings. The molecule has 8 nitrogen and oxygen atoms in total. The summed E-state index contributed by atoms with van der Waals surface area (Å²) in [4.78, 5) is 14.9. The van der Waals surface area contributed by atoms with Crippen LogP contribution in [0.25, 0.3) is 5.69 Å². The predicted molar refractivity (Wildman–Crippen MR) is 88.7 cm³/mol. The third kappa shape index (κ3) is 2.97. The zero-order valence-electron chi connectivity index (χ0n) is 14.2. The number of methoxy groups -OCH3 is 1. The Labute approximate surface area is 145 Å². The third-order valence-corrected chi connectivity index (χ3v) is 5.30. The summed E-state index contributed by atoms with van der Waals surface area (Å²) in [5.74, 6) is 0.659. The number of hydrogen-bond acceptors (Lipinski definition) is 6. The van der Waals surface area contributed by atoms with E-state index in [1.807, 2.05) is 4.90 Å². The lowest BCUT2D eigenvalue weighted by Gasteiger charge is -2.33. The molecule has 0 atom stereocenters. The van der Waals surface area contributed by atoms with Gasteiger partial charge in [0.05, 0.1) is 7.11 Å². The summed E-state index contributed by atoms with van der Waals surface area (Å²) in [6.45, 7) is 3.20. The molecule has 1 aromatic heterocycles. The number of rotatable bonds is 3. The molecule has 0 radical (unpaired) electrons. The van der Waals surface area contributed by atoms with Gasteiger partial charge in [-0.05, 0) is 53.3 Å². The van der Waals surface area contributed by atoms with Gasteiger partial charge >= 0.3 is 0 Å². The third-order valence-electron chi connectivity index (χ3n) is 5.30. The van der Waals surface area contributed by atoms with Crippen LogP contribution in [0.2, 0.25) is 0 Å². The molecule has 2 saturated heterocycles. The summed E-state index contributed by atoms with van der Waals surface area (Å²) >= 11 is 0. The monoisotopic (exact) mass is 343 g/mol. The average molecular weight is 343 g/mol. The minimum Gasteiger partial charge on any atom is -0.494 e. The van der Waals surface area contributed by atoms with Crippen molar-refractivity contribution < 1.29 is 14.3 Å². The topological polar surface area (TPSA) is 82.4 Å². The summed E-state index contributed by atoms with van der Waals surface area (Å²) in [5, 5.41) is 11.2. The average Bonchev–Trinajstić information content (AvgIpc) is 3.32. The van der Waals surface area contributed by atoms with Crippen molar-refractivity contribution in [1.82, 2.24) is 25.1 Å². The number of ether oxygens (including phenoxy) is 2. The van der Waals surface area contributed by atoms with E-state index in [9.17, 15) is 4.79 Å². The van der Waals surface area contributed by atoms with Gasteiger partial charge in [-0.15, -0.1) is 5.10 Å². The first-order valence-corrected chi connectivity index (χ1v) is 8.49. The van der Waals surface area contributed by atoms with E-state index >= 15 is 0 Å². The molecule has 3 heterocycles. The Morgan fingerprint density at radius 2 is 2.12 bits per heavy atom. The van der Waals surface area contributed by atoms with Gasteiger partial charge in [0.1, 0.15) is 17.8 Å². The molecule has 0 aliphatic carbocycles. The van der Waals surface area contributed by atoms with E-state index in [-0.39, 0.29) is 11.3 Å². The number of benzene rings is 1. The smallest absolute Gasteiger partial charge is 0.253 e. The molecule has 1 aromatic carbocycles. The minimum absolute atomic E-state index is 0.0420. The maximum absolute atomic E-state index is 13.0. The highest BCUT2D eigenvalue weighted by molar-refractivity contribution is 5.95. The quantitative estimate of drug-likeness (QED) is 0.836. The molecule has 0 N–H and O–H groups in total. The molecule has 0 unspecified atom stereocenters. The summed E-state index contributed by atoms with van der Waals surface area (Å²) in [7, 11) is 1.58. The van der Waals surface area contributed by atoms with Crippen molar-refractivity contribution in [2.75, 3.05) is 33.4 Å². The van der Waals surface area contributed by atoms with E-state index in [4.69, 9.17) is 9.47 Å². The van der Waals surface area contributed by atoms with Gasteiger partial charge in [-0.1, -0.05) is 0 Å². The molecule has 2 aliphatic rings. The number of amides is 1. The molecule has 8 heteroatoms. The fourth-order valence-electron chi connectivity index (χ4n) is 3.78. The Bertz CT molecular complexity index is 756. The van der Waals surface area contributed by atoms with Crippen molar-refractivity contribution in [2.24, 2.45) is 5.41 Å². The molecule has 132 valence electrons. The Morgan fingerprint density at radius 1 is 1.28 bits per heavy atom. The Hall–Kier alpha value is -2.48. The second-order valence-electron chi connectivity index (χ2n) is 6.73. The Morgan fingerprint density at radius 3 is 2.84 bits per heavy atom. The number of aromatic nitrogens is 4. The minimum atomic E-state index is 0.0420. The first-order valence-electron chi connectivity index (χ1n) is 8.49. The molecule has 2 aliphatic heterocycles. The lowest BCUT2D eigenvalue weighted by Crippen LogP contribution is -2.35. The predicted octanol–water partition coefficient (Wildman–Crippen LogP) is 1.31. The summed E-state index contributed by atoms with van der Waals surface area (Å²) in [5.41, 5.74) is 1.51. The molecule has 0 saturated carbocycles. The van der Waals surface area contributed by atoms with E-state index in [1.165, 1.54) is 11.0 Å². The summed E-state index contributed by atoms with van der Waals surface area (Å²) in [6.07, 6.45) is 4.61. The summed E-state index contributed by atoms with van der Waals surface area (Å²) in [6, 6.07) is 5.36. The van der Waals surface area contributed by atoms with Crippen LogP contribution in [0.4, 0.5) is 0 Å². The van der Waals surface area contributed by atoms with Crippen LogP contribution in [0.1, 0.15) is 29.6 Å². The van der Waals surface area contributed by atoms with Crippen molar-refractivity contribution in [2.45, 2.75) is 19.3 Å². The second-order valence-corrected chi connectivity index (χ2v) is 6.73. The molecule has 1 amide bonds. The SMILES string of the molecule is COc1ccc(C(=O)N2CCC3(CCOCC3)C2)cc1-n1cnnn1. The normalized spacial score (nSPS) is 19.3. The fourth-order valence-corrected chi connectivity index (χ4v) is 3.78. The van der Waals surface area contributed by atoms with Gasteiger partial charge in [0.25, 0.3) is 5.91 Å². The lowest BCUT2D eigenvalue weighted by molar-refractivity contribution is 0.0191. The van der Waals surface area contributed by atoms with Crippen LogP contribution in [0.15, 0.2) is 24.5 Å². The number of nitrogens with zero attached hydrogens (tertiary/aromatic N) is 5. The molecular weight excluding hydrogens is 322 g/mol. The van der Waals surface area contributed by atoms with Gasteiger partial charge in [-0.2, -0.15) is 4.68 Å². The van der Waals surface area contributed by atoms with Crippen LogP contribution >= 0.6 is 0 Å². The number of likely N-dealkylation sites (tertiary alicyclic amines) is 1. The van der Waals surface area contributed by atoms with E-state index < -0.39 is 0 Å². The molecule has 1 spiro atoms. The molecule has 25 heavy (non-hydrogen) atoms. The highest BCUT2D eigenvalue weighted by Crippen LogP contribution is 2.40. The zero-order valence-corrected chi connectivity index (χ0v) is 14.2. The van der Waals surface area contributed by atoms with Crippen LogP contribution < -0.4 is 4.74 Å². The Balaban J connectivity index is 1.57. The van der Waals surface area contributed by atoms with Crippen LogP contribution in [0.3, 0.4) is 0 Å². The fraction of sp³-hybridized carbons (Fsp3) is 0.529. The van der Waals surface area contributed by atoms with Gasteiger partial charge in [-0.3, -0.25) is 4.79 Å². The maximum atomic E-state index is 13.0.